The fourth-order valence-electron chi connectivity index (χ4n) is 2.22. The minimum absolute atomic E-state index is 0.0573. The summed E-state index contributed by atoms with van der Waals surface area (Å²) in [6, 6.07) is 9.45. The second-order valence-electron chi connectivity index (χ2n) is 5.10. The number of aromatic nitrogens is 1. The molecular formula is C16H19NO3S. The van der Waals surface area contributed by atoms with E-state index in [0.29, 0.717) is 12.1 Å². The highest BCUT2D eigenvalue weighted by Gasteiger charge is 2.13. The predicted octanol–water partition coefficient (Wildman–Crippen LogP) is 2.94. The first-order valence-corrected chi connectivity index (χ1v) is 8.85. The number of benzene rings is 1. The third-order valence-corrected chi connectivity index (χ3v) is 5.30. The normalized spacial score (nSPS) is 11.7. The van der Waals surface area contributed by atoms with Crippen LogP contribution in [-0.4, -0.2) is 30.7 Å². The summed E-state index contributed by atoms with van der Waals surface area (Å²) < 4.78 is 22.8. The summed E-state index contributed by atoms with van der Waals surface area (Å²) in [5.41, 5.74) is 2.22. The quantitative estimate of drug-likeness (QED) is 0.770. The first-order valence-electron chi connectivity index (χ1n) is 7.03. The number of carbonyl (C=O) groups is 1. The molecule has 2 rings (SSSR count). The third kappa shape index (κ3) is 3.88. The second kappa shape index (κ2) is 6.35. The lowest BCUT2D eigenvalue weighted by Crippen LogP contribution is -2.11. The maximum Gasteiger partial charge on any atom is 0.181 e. The number of carbonyl (C=O) groups excluding carboxylic acids is 1. The van der Waals surface area contributed by atoms with Gasteiger partial charge in [-0.25, -0.2) is 13.4 Å². The Balaban J connectivity index is 2.13. The molecular weight excluding hydrogens is 286 g/mol. The zero-order valence-corrected chi connectivity index (χ0v) is 13.1. The van der Waals surface area contributed by atoms with E-state index in [1.807, 2.05) is 31.2 Å². The molecule has 0 aliphatic heterocycles. The van der Waals surface area contributed by atoms with E-state index in [1.54, 1.807) is 13.0 Å². The second-order valence-corrected chi connectivity index (χ2v) is 7.58. The van der Waals surface area contributed by atoms with E-state index in [-0.39, 0.29) is 23.7 Å². The minimum atomic E-state index is -3.01. The molecule has 0 fully saturated rings. The van der Waals surface area contributed by atoms with Gasteiger partial charge in [0.2, 0.25) is 0 Å². The molecule has 112 valence electrons. The SMILES string of the molecule is CCS(=O)(=O)CCCC(=O)c1cc(C)c2ccccc2n1. The average molecular weight is 305 g/mol. The van der Waals surface area contributed by atoms with Crippen LogP contribution in [0.2, 0.25) is 0 Å². The zero-order valence-electron chi connectivity index (χ0n) is 12.3. The van der Waals surface area contributed by atoms with Gasteiger partial charge in [-0.2, -0.15) is 0 Å². The summed E-state index contributed by atoms with van der Waals surface area (Å²) in [4.78, 5) is 16.5. The van der Waals surface area contributed by atoms with Crippen LogP contribution in [0.4, 0.5) is 0 Å². The Morgan fingerprint density at radius 1 is 1.24 bits per heavy atom. The Morgan fingerprint density at radius 3 is 2.67 bits per heavy atom. The third-order valence-electron chi connectivity index (χ3n) is 3.51. The fourth-order valence-corrected chi connectivity index (χ4v) is 3.09. The maximum absolute atomic E-state index is 12.2. The minimum Gasteiger partial charge on any atom is -0.292 e. The predicted molar refractivity (Wildman–Crippen MR) is 84.4 cm³/mol. The number of pyridine rings is 1. The molecule has 0 unspecified atom stereocenters. The molecule has 0 aliphatic rings. The van der Waals surface area contributed by atoms with Gasteiger partial charge in [-0.1, -0.05) is 25.1 Å². The topological polar surface area (TPSA) is 64.1 Å². The Bertz CT molecular complexity index is 766. The number of Topliss-reactive ketones (excluding diaryl/α,β-unsaturated/α-hetero) is 1. The van der Waals surface area contributed by atoms with Gasteiger partial charge in [0, 0.05) is 17.6 Å². The summed E-state index contributed by atoms with van der Waals surface area (Å²) in [6.07, 6.45) is 0.562. The van der Waals surface area contributed by atoms with Crippen LogP contribution in [0.15, 0.2) is 30.3 Å². The van der Waals surface area contributed by atoms with Crippen LogP contribution in [0.1, 0.15) is 35.8 Å². The van der Waals surface area contributed by atoms with Crippen LogP contribution >= 0.6 is 0 Å². The van der Waals surface area contributed by atoms with Crippen LogP contribution in [-0.2, 0) is 9.84 Å². The summed E-state index contributed by atoms with van der Waals surface area (Å²) in [5.74, 6) is 0.0752. The molecule has 4 nitrogen and oxygen atoms in total. The highest BCUT2D eigenvalue weighted by molar-refractivity contribution is 7.91. The molecule has 0 aliphatic carbocycles. The van der Waals surface area contributed by atoms with Crippen molar-refractivity contribution >= 4 is 26.5 Å². The van der Waals surface area contributed by atoms with Crippen molar-refractivity contribution in [2.24, 2.45) is 0 Å². The number of hydrogen-bond acceptors (Lipinski definition) is 4. The molecule has 0 bridgehead atoms. The van der Waals surface area contributed by atoms with Crippen LogP contribution in [0.25, 0.3) is 10.9 Å². The van der Waals surface area contributed by atoms with Crippen molar-refractivity contribution in [3.63, 3.8) is 0 Å². The first-order chi connectivity index (χ1) is 9.93. The van der Waals surface area contributed by atoms with Crippen molar-refractivity contribution in [3.8, 4) is 0 Å². The number of ketones is 1. The average Bonchev–Trinajstić information content (AvgIpc) is 2.47. The molecule has 1 aromatic carbocycles. The Morgan fingerprint density at radius 2 is 1.95 bits per heavy atom. The number of sulfone groups is 1. The standard InChI is InChI=1S/C16H19NO3S/c1-3-21(19,20)10-6-9-16(18)15-11-12(2)13-7-4-5-8-14(13)17-15/h4-5,7-8,11H,3,6,9-10H2,1-2H3. The molecule has 1 aromatic heterocycles. The van der Waals surface area contributed by atoms with Gasteiger partial charge in [-0.3, -0.25) is 4.79 Å². The van der Waals surface area contributed by atoms with Gasteiger partial charge in [-0.05, 0) is 31.0 Å². The molecule has 0 saturated heterocycles. The van der Waals surface area contributed by atoms with Gasteiger partial charge in [0.1, 0.15) is 15.5 Å². The first kappa shape index (κ1) is 15.6. The lowest BCUT2D eigenvalue weighted by molar-refractivity contribution is 0.0977. The zero-order chi connectivity index (χ0) is 15.5. The van der Waals surface area contributed by atoms with E-state index in [4.69, 9.17) is 0 Å². The van der Waals surface area contributed by atoms with Gasteiger partial charge in [0.25, 0.3) is 0 Å². The lowest BCUT2D eigenvalue weighted by Gasteiger charge is -2.06. The number of nitrogens with zero attached hydrogens (tertiary/aromatic N) is 1. The van der Waals surface area contributed by atoms with Gasteiger partial charge in [-0.15, -0.1) is 0 Å². The van der Waals surface area contributed by atoms with E-state index < -0.39 is 9.84 Å². The number of hydrogen-bond donors (Lipinski definition) is 0. The smallest absolute Gasteiger partial charge is 0.181 e. The summed E-state index contributed by atoms with van der Waals surface area (Å²) in [7, 11) is -3.01. The summed E-state index contributed by atoms with van der Waals surface area (Å²) in [5, 5.41) is 1.03. The lowest BCUT2D eigenvalue weighted by atomic mass is 10.1. The molecule has 0 atom stereocenters. The van der Waals surface area contributed by atoms with Crippen molar-refractivity contribution < 1.29 is 13.2 Å². The van der Waals surface area contributed by atoms with Crippen molar-refractivity contribution in [2.45, 2.75) is 26.7 Å². The van der Waals surface area contributed by atoms with E-state index in [1.165, 1.54) is 0 Å². The molecule has 0 spiro atoms. The van der Waals surface area contributed by atoms with Gasteiger partial charge < -0.3 is 0 Å². The molecule has 5 heteroatoms. The number of para-hydroxylation sites is 1. The van der Waals surface area contributed by atoms with E-state index in [0.717, 1.165) is 16.5 Å². The van der Waals surface area contributed by atoms with Crippen LogP contribution < -0.4 is 0 Å². The van der Waals surface area contributed by atoms with Crippen LogP contribution in [0.5, 0.6) is 0 Å². The van der Waals surface area contributed by atoms with Crippen molar-refractivity contribution in [1.82, 2.24) is 4.98 Å². The highest BCUT2D eigenvalue weighted by Crippen LogP contribution is 2.18. The Labute approximate surface area is 125 Å². The van der Waals surface area contributed by atoms with E-state index in [2.05, 4.69) is 4.98 Å². The Kier molecular flexibility index (Phi) is 4.73. The Hall–Kier alpha value is -1.75. The number of aryl methyl sites for hydroxylation is 1. The van der Waals surface area contributed by atoms with E-state index in [9.17, 15) is 13.2 Å². The molecule has 0 N–H and O–H groups in total. The summed E-state index contributed by atoms with van der Waals surface area (Å²) in [6.45, 7) is 3.56. The largest absolute Gasteiger partial charge is 0.292 e. The van der Waals surface area contributed by atoms with Crippen molar-refractivity contribution in [1.29, 1.82) is 0 Å². The van der Waals surface area contributed by atoms with Crippen molar-refractivity contribution in [3.05, 3.63) is 41.6 Å². The number of rotatable bonds is 6. The van der Waals surface area contributed by atoms with Gasteiger partial charge in [0.05, 0.1) is 11.3 Å². The van der Waals surface area contributed by atoms with Crippen LogP contribution in [0, 0.1) is 6.92 Å². The van der Waals surface area contributed by atoms with Gasteiger partial charge in [0.15, 0.2) is 5.78 Å². The monoisotopic (exact) mass is 305 g/mol. The highest BCUT2D eigenvalue weighted by atomic mass is 32.2. The molecule has 1 heterocycles. The van der Waals surface area contributed by atoms with Crippen LogP contribution in [0.3, 0.4) is 0 Å². The molecule has 0 radical (unpaired) electrons. The molecule has 0 saturated carbocycles. The van der Waals surface area contributed by atoms with Crippen molar-refractivity contribution in [2.75, 3.05) is 11.5 Å². The molecule has 2 aromatic rings. The maximum atomic E-state index is 12.2. The fraction of sp³-hybridized carbons (Fsp3) is 0.375. The number of fused-ring (bicyclic) bond motifs is 1. The van der Waals surface area contributed by atoms with E-state index >= 15 is 0 Å². The molecule has 21 heavy (non-hydrogen) atoms. The summed E-state index contributed by atoms with van der Waals surface area (Å²) >= 11 is 0. The molecule has 0 amide bonds. The van der Waals surface area contributed by atoms with Gasteiger partial charge >= 0.3 is 0 Å².